The second-order valence-electron chi connectivity index (χ2n) is 4.97. The molecule has 2 amide bonds. The number of amides is 2. The zero-order chi connectivity index (χ0) is 17.5. The predicted molar refractivity (Wildman–Crippen MR) is 90.2 cm³/mol. The minimum Gasteiger partial charge on any atom is -0.456 e. The minimum atomic E-state index is -0.616. The van der Waals surface area contributed by atoms with Gasteiger partial charge in [0.1, 0.15) is 5.76 Å². The molecule has 0 spiro atoms. The molecule has 7 heteroatoms. The molecule has 1 heterocycles. The lowest BCUT2D eigenvalue weighted by molar-refractivity contribution is 0.0995. The Hall–Kier alpha value is -3.09. The Kier molecular flexibility index (Phi) is 5.73. The van der Waals surface area contributed by atoms with Crippen molar-refractivity contribution in [2.45, 2.75) is 20.8 Å². The van der Waals surface area contributed by atoms with Gasteiger partial charge in [-0.15, -0.1) is 0 Å². The summed E-state index contributed by atoms with van der Waals surface area (Å²) >= 11 is 0. The second-order valence-corrected chi connectivity index (χ2v) is 4.97. The Bertz CT molecular complexity index is 765. The van der Waals surface area contributed by atoms with E-state index in [1.165, 1.54) is 0 Å². The molecule has 1 aromatic heterocycles. The number of nitrogens with one attached hydrogen (secondary N) is 2. The summed E-state index contributed by atoms with van der Waals surface area (Å²) in [6.07, 6.45) is -0.616. The average molecular weight is 329 g/mol. The van der Waals surface area contributed by atoms with Gasteiger partial charge in [0.05, 0.1) is 12.3 Å². The van der Waals surface area contributed by atoms with Crippen molar-refractivity contribution < 1.29 is 18.7 Å². The van der Waals surface area contributed by atoms with Crippen LogP contribution in [0.25, 0.3) is 0 Å². The van der Waals surface area contributed by atoms with Crippen LogP contribution < -0.4 is 10.7 Å². The van der Waals surface area contributed by atoms with Gasteiger partial charge in [-0.05, 0) is 50.6 Å². The first kappa shape index (κ1) is 17.3. The summed E-state index contributed by atoms with van der Waals surface area (Å²) in [6, 6.07) is 10.4. The predicted octanol–water partition coefficient (Wildman–Crippen LogP) is 3.31. The fourth-order valence-electron chi connectivity index (χ4n) is 1.93. The van der Waals surface area contributed by atoms with Gasteiger partial charge in [-0.25, -0.2) is 10.2 Å². The molecule has 2 rings (SSSR count). The molecule has 0 bridgehead atoms. The molecule has 0 radical (unpaired) electrons. The van der Waals surface area contributed by atoms with Gasteiger partial charge in [0.25, 0.3) is 5.91 Å². The van der Waals surface area contributed by atoms with Crippen LogP contribution in [0.15, 0.2) is 45.9 Å². The summed E-state index contributed by atoms with van der Waals surface area (Å²) in [6.45, 7) is 5.49. The van der Waals surface area contributed by atoms with Crippen LogP contribution in [0.5, 0.6) is 0 Å². The highest BCUT2D eigenvalue weighted by atomic mass is 16.5. The van der Waals surface area contributed by atoms with Crippen molar-refractivity contribution in [1.29, 1.82) is 0 Å². The number of nitrogens with zero attached hydrogens (tertiary/aromatic N) is 1. The average Bonchev–Trinajstić information content (AvgIpc) is 3.00. The molecule has 0 fully saturated rings. The molecule has 0 saturated heterocycles. The number of hydrogen-bond donors (Lipinski definition) is 2. The summed E-state index contributed by atoms with van der Waals surface area (Å²) in [4.78, 5) is 23.3. The quantitative estimate of drug-likeness (QED) is 0.650. The fraction of sp³-hybridized carbons (Fsp3) is 0.235. The van der Waals surface area contributed by atoms with Crippen LogP contribution in [0.1, 0.15) is 35.7 Å². The van der Waals surface area contributed by atoms with E-state index in [2.05, 4.69) is 15.8 Å². The van der Waals surface area contributed by atoms with Gasteiger partial charge in [-0.1, -0.05) is 12.1 Å². The molecule has 0 aliphatic rings. The third-order valence-corrected chi connectivity index (χ3v) is 3.09. The maximum atomic E-state index is 12.1. The van der Waals surface area contributed by atoms with Crippen LogP contribution in [-0.4, -0.2) is 24.3 Å². The van der Waals surface area contributed by atoms with Crippen LogP contribution in [0.3, 0.4) is 0 Å². The first-order valence-electron chi connectivity index (χ1n) is 7.45. The molecule has 1 aromatic carbocycles. The van der Waals surface area contributed by atoms with E-state index >= 15 is 0 Å². The van der Waals surface area contributed by atoms with E-state index in [4.69, 9.17) is 9.15 Å². The normalized spacial score (nSPS) is 11.0. The number of hydrazone groups is 1. The highest BCUT2D eigenvalue weighted by Crippen LogP contribution is 2.14. The van der Waals surface area contributed by atoms with E-state index < -0.39 is 6.09 Å². The molecule has 0 atom stereocenters. The van der Waals surface area contributed by atoms with E-state index in [1.807, 2.05) is 6.07 Å². The van der Waals surface area contributed by atoms with Crippen molar-refractivity contribution in [2.75, 3.05) is 11.9 Å². The van der Waals surface area contributed by atoms with E-state index in [1.54, 1.807) is 51.1 Å². The van der Waals surface area contributed by atoms with Gasteiger partial charge >= 0.3 is 6.09 Å². The summed E-state index contributed by atoms with van der Waals surface area (Å²) in [7, 11) is 0. The number of carbonyl (C=O) groups excluding carboxylic acids is 2. The van der Waals surface area contributed by atoms with Gasteiger partial charge in [0, 0.05) is 5.69 Å². The molecule has 24 heavy (non-hydrogen) atoms. The Morgan fingerprint density at radius 3 is 2.71 bits per heavy atom. The highest BCUT2D eigenvalue weighted by molar-refractivity contribution is 6.04. The summed E-state index contributed by atoms with van der Waals surface area (Å²) in [5, 5.41) is 6.71. The van der Waals surface area contributed by atoms with E-state index in [0.717, 1.165) is 5.56 Å². The lowest BCUT2D eigenvalue weighted by Gasteiger charge is -2.07. The van der Waals surface area contributed by atoms with Crippen LogP contribution in [0.2, 0.25) is 0 Å². The molecule has 7 nitrogen and oxygen atoms in total. The molecule has 0 unspecified atom stereocenters. The third kappa shape index (κ3) is 4.70. The minimum absolute atomic E-state index is 0.243. The van der Waals surface area contributed by atoms with Gasteiger partial charge < -0.3 is 14.5 Å². The first-order valence-corrected chi connectivity index (χ1v) is 7.45. The maximum absolute atomic E-state index is 12.1. The second kappa shape index (κ2) is 7.96. The van der Waals surface area contributed by atoms with Crippen molar-refractivity contribution in [3.8, 4) is 0 Å². The standard InChI is InChI=1S/C17H19N3O4/c1-4-23-17(22)20-19-12(3)13-6-5-7-14(10-13)18-16(21)15-9-8-11(2)24-15/h5-10H,4H2,1-3H3,(H,18,21)(H,20,22)/b19-12-. The monoisotopic (exact) mass is 329 g/mol. The molecular formula is C17H19N3O4. The molecule has 2 aromatic rings. The Morgan fingerprint density at radius 2 is 2.04 bits per heavy atom. The van der Waals surface area contributed by atoms with Crippen molar-refractivity contribution in [2.24, 2.45) is 5.10 Å². The number of carbonyl (C=O) groups is 2. The number of rotatable bonds is 5. The first-order chi connectivity index (χ1) is 11.5. The lowest BCUT2D eigenvalue weighted by atomic mass is 10.1. The molecule has 2 N–H and O–H groups in total. The zero-order valence-corrected chi connectivity index (χ0v) is 13.8. The number of benzene rings is 1. The molecular weight excluding hydrogens is 310 g/mol. The number of aryl methyl sites for hydroxylation is 1. The summed E-state index contributed by atoms with van der Waals surface area (Å²) in [5.74, 6) is 0.577. The number of furan rings is 1. The third-order valence-electron chi connectivity index (χ3n) is 3.09. The largest absolute Gasteiger partial charge is 0.456 e. The number of ether oxygens (including phenoxy) is 1. The van der Waals surface area contributed by atoms with Gasteiger partial charge in [0.2, 0.25) is 0 Å². The maximum Gasteiger partial charge on any atom is 0.427 e. The Balaban J connectivity index is 2.06. The summed E-state index contributed by atoms with van der Waals surface area (Å²) in [5.41, 5.74) is 4.22. The highest BCUT2D eigenvalue weighted by Gasteiger charge is 2.10. The van der Waals surface area contributed by atoms with Crippen LogP contribution in [-0.2, 0) is 4.74 Å². The van der Waals surface area contributed by atoms with Crippen LogP contribution in [0.4, 0.5) is 10.5 Å². The topological polar surface area (TPSA) is 92.9 Å². The molecule has 126 valence electrons. The number of anilines is 1. The van der Waals surface area contributed by atoms with E-state index in [-0.39, 0.29) is 18.3 Å². The van der Waals surface area contributed by atoms with Gasteiger partial charge in [-0.3, -0.25) is 4.79 Å². The Morgan fingerprint density at radius 1 is 1.25 bits per heavy atom. The van der Waals surface area contributed by atoms with Crippen molar-refractivity contribution in [1.82, 2.24) is 5.43 Å². The van der Waals surface area contributed by atoms with Crippen molar-refractivity contribution in [3.63, 3.8) is 0 Å². The van der Waals surface area contributed by atoms with E-state index in [0.29, 0.717) is 17.2 Å². The smallest absolute Gasteiger partial charge is 0.427 e. The molecule has 0 aliphatic heterocycles. The molecule has 0 saturated carbocycles. The van der Waals surface area contributed by atoms with Crippen molar-refractivity contribution in [3.05, 3.63) is 53.5 Å². The van der Waals surface area contributed by atoms with Gasteiger partial charge in [0.15, 0.2) is 5.76 Å². The fourth-order valence-corrected chi connectivity index (χ4v) is 1.93. The number of hydrogen-bond acceptors (Lipinski definition) is 5. The van der Waals surface area contributed by atoms with Crippen LogP contribution in [0, 0.1) is 6.92 Å². The van der Waals surface area contributed by atoms with Crippen LogP contribution >= 0.6 is 0 Å². The van der Waals surface area contributed by atoms with Gasteiger partial charge in [-0.2, -0.15) is 5.10 Å². The Labute approximate surface area is 139 Å². The zero-order valence-electron chi connectivity index (χ0n) is 13.8. The SMILES string of the molecule is CCOC(=O)N/N=C(/C)c1cccc(NC(=O)c2ccc(C)o2)c1. The molecule has 0 aliphatic carbocycles. The van der Waals surface area contributed by atoms with E-state index in [9.17, 15) is 9.59 Å². The van der Waals surface area contributed by atoms with Crippen molar-refractivity contribution >= 4 is 23.4 Å². The summed E-state index contributed by atoms with van der Waals surface area (Å²) < 4.78 is 10.0. The lowest BCUT2D eigenvalue weighted by Crippen LogP contribution is -2.20.